The zero-order chi connectivity index (χ0) is 20.5. The van der Waals surface area contributed by atoms with Crippen LogP contribution in [-0.4, -0.2) is 30.8 Å². The Hall–Kier alpha value is -3.80. The molecule has 146 valence electrons. The molecule has 0 amide bonds. The molecule has 1 heterocycles. The van der Waals surface area contributed by atoms with Crippen LogP contribution in [0.4, 0.5) is 0 Å². The summed E-state index contributed by atoms with van der Waals surface area (Å²) < 4.78 is 16.2. The fraction of sp³-hybridized carbons (Fsp3) is 0.130. The van der Waals surface area contributed by atoms with E-state index in [1.54, 1.807) is 68.7 Å². The highest BCUT2D eigenvalue weighted by atomic mass is 16.5. The van der Waals surface area contributed by atoms with Gasteiger partial charge in [-0.3, -0.25) is 0 Å². The third-order valence-corrected chi connectivity index (χ3v) is 4.89. The summed E-state index contributed by atoms with van der Waals surface area (Å²) in [7, 11) is 1.56. The molecular formula is C23H18O6. The van der Waals surface area contributed by atoms with Gasteiger partial charge in [0, 0.05) is 10.9 Å². The minimum Gasteiger partial charge on any atom is -0.497 e. The van der Waals surface area contributed by atoms with Crippen molar-refractivity contribution in [1.82, 2.24) is 0 Å². The third-order valence-electron chi connectivity index (χ3n) is 4.89. The van der Waals surface area contributed by atoms with Crippen LogP contribution in [0.15, 0.2) is 48.5 Å². The van der Waals surface area contributed by atoms with E-state index in [2.05, 4.69) is 0 Å². The average Bonchev–Trinajstić information content (AvgIpc) is 2.74. The van der Waals surface area contributed by atoms with Crippen molar-refractivity contribution in [2.45, 2.75) is 6.92 Å². The highest BCUT2D eigenvalue weighted by molar-refractivity contribution is 6.07. The van der Waals surface area contributed by atoms with Crippen LogP contribution in [0, 0.1) is 6.92 Å². The fourth-order valence-electron chi connectivity index (χ4n) is 3.47. The minimum absolute atomic E-state index is 0.170. The molecule has 0 spiro atoms. The lowest BCUT2D eigenvalue weighted by molar-refractivity contribution is 0.0693. The van der Waals surface area contributed by atoms with Crippen molar-refractivity contribution in [3.05, 3.63) is 70.8 Å². The summed E-state index contributed by atoms with van der Waals surface area (Å²) in [6, 6.07) is 11.7. The predicted molar refractivity (Wildman–Crippen MR) is 108 cm³/mol. The molecule has 4 rings (SSSR count). The van der Waals surface area contributed by atoms with Crippen LogP contribution in [-0.2, 0) is 0 Å². The molecule has 3 aromatic rings. The predicted octanol–water partition coefficient (Wildman–Crippen LogP) is 4.48. The van der Waals surface area contributed by atoms with E-state index in [1.807, 2.05) is 0 Å². The highest BCUT2D eigenvalue weighted by Gasteiger charge is 2.23. The van der Waals surface area contributed by atoms with Crippen LogP contribution in [0.1, 0.15) is 31.8 Å². The number of methoxy groups -OCH3 is 1. The Morgan fingerprint density at radius 2 is 1.76 bits per heavy atom. The molecule has 0 unspecified atom stereocenters. The zero-order valence-corrected chi connectivity index (χ0v) is 15.9. The molecule has 0 saturated heterocycles. The molecule has 29 heavy (non-hydrogen) atoms. The largest absolute Gasteiger partial charge is 0.497 e. The van der Waals surface area contributed by atoms with E-state index in [0.717, 1.165) is 5.39 Å². The Morgan fingerprint density at radius 1 is 1.03 bits per heavy atom. The molecule has 6 heteroatoms. The summed E-state index contributed by atoms with van der Waals surface area (Å²) in [6.45, 7) is 2.10. The van der Waals surface area contributed by atoms with Crippen LogP contribution in [0.25, 0.3) is 16.8 Å². The monoisotopic (exact) mass is 390 g/mol. The van der Waals surface area contributed by atoms with Crippen molar-refractivity contribution in [2.75, 3.05) is 13.7 Å². The topological polar surface area (TPSA) is 82.1 Å². The normalized spacial score (nSPS) is 12.2. The van der Waals surface area contributed by atoms with Gasteiger partial charge < -0.3 is 19.3 Å². The van der Waals surface area contributed by atoms with Gasteiger partial charge in [0.2, 0.25) is 0 Å². The molecule has 6 nitrogen and oxygen atoms in total. The number of fused-ring (bicyclic) bond motifs is 3. The average molecular weight is 390 g/mol. The maximum absolute atomic E-state index is 12.6. The van der Waals surface area contributed by atoms with Crippen molar-refractivity contribution in [3.63, 3.8) is 0 Å². The summed E-state index contributed by atoms with van der Waals surface area (Å²) in [4.78, 5) is 24.5. The number of ether oxygens (including phenoxy) is 3. The number of carbonyl (C=O) groups excluding carboxylic acids is 1. The first-order chi connectivity index (χ1) is 14.0. The Bertz CT molecular complexity index is 1160. The smallest absolute Gasteiger partial charge is 0.343 e. The number of carboxylic acid groups (broad SMARTS) is 1. The van der Waals surface area contributed by atoms with Gasteiger partial charge in [0.15, 0.2) is 0 Å². The maximum atomic E-state index is 12.6. The number of carbonyl (C=O) groups is 2. The van der Waals surface area contributed by atoms with Crippen molar-refractivity contribution in [1.29, 1.82) is 0 Å². The van der Waals surface area contributed by atoms with Crippen LogP contribution in [0.3, 0.4) is 0 Å². The molecule has 0 bridgehead atoms. The van der Waals surface area contributed by atoms with E-state index in [1.165, 1.54) is 0 Å². The lowest BCUT2D eigenvalue weighted by atomic mass is 9.91. The number of hydrogen-bond acceptors (Lipinski definition) is 5. The van der Waals surface area contributed by atoms with Crippen molar-refractivity contribution in [2.24, 2.45) is 0 Å². The van der Waals surface area contributed by atoms with Crippen molar-refractivity contribution < 1.29 is 28.9 Å². The first-order valence-electron chi connectivity index (χ1n) is 8.98. The molecule has 1 aliphatic rings. The molecule has 0 aliphatic carbocycles. The Labute approximate surface area is 166 Å². The molecule has 0 atom stereocenters. The van der Waals surface area contributed by atoms with Gasteiger partial charge in [-0.25, -0.2) is 9.59 Å². The molecule has 0 radical (unpaired) electrons. The standard InChI is InChI=1S/C23H18O6/c1-13-19-12-14(23(26)29-16-8-6-15(27-2)7-9-16)5-10-17(19)21-18(4-3-11-28-21)20(13)22(24)25/h3-10,12H,11H2,1-2H3,(H,24,25). The van der Waals surface area contributed by atoms with Gasteiger partial charge in [-0.05, 0) is 66.4 Å². The number of aromatic carboxylic acids is 1. The Balaban J connectivity index is 1.77. The SMILES string of the molecule is COc1ccc(OC(=O)c2ccc3c4c(c(C(=O)O)c(C)c3c2)C=CCO4)cc1. The number of carboxylic acids is 1. The maximum Gasteiger partial charge on any atom is 0.343 e. The van der Waals surface area contributed by atoms with E-state index in [4.69, 9.17) is 14.2 Å². The number of hydrogen-bond donors (Lipinski definition) is 1. The fourth-order valence-corrected chi connectivity index (χ4v) is 3.47. The second kappa shape index (κ2) is 7.31. The molecule has 0 saturated carbocycles. The highest BCUT2D eigenvalue weighted by Crippen LogP contribution is 2.39. The summed E-state index contributed by atoms with van der Waals surface area (Å²) in [5.74, 6) is -0.0154. The van der Waals surface area contributed by atoms with Gasteiger partial charge in [-0.2, -0.15) is 0 Å². The van der Waals surface area contributed by atoms with Gasteiger partial charge in [0.1, 0.15) is 23.9 Å². The van der Waals surface area contributed by atoms with Crippen LogP contribution in [0.2, 0.25) is 0 Å². The number of esters is 1. The van der Waals surface area contributed by atoms with E-state index in [0.29, 0.717) is 45.9 Å². The zero-order valence-electron chi connectivity index (χ0n) is 15.9. The van der Waals surface area contributed by atoms with E-state index in [9.17, 15) is 14.7 Å². The van der Waals surface area contributed by atoms with Crippen molar-refractivity contribution in [3.8, 4) is 17.2 Å². The second-order valence-electron chi connectivity index (χ2n) is 6.59. The minimum atomic E-state index is -1.04. The van der Waals surface area contributed by atoms with Crippen LogP contribution in [0.5, 0.6) is 17.2 Å². The van der Waals surface area contributed by atoms with Gasteiger partial charge in [0.25, 0.3) is 0 Å². The summed E-state index contributed by atoms with van der Waals surface area (Å²) >= 11 is 0. The summed E-state index contributed by atoms with van der Waals surface area (Å²) in [5.41, 5.74) is 1.60. The molecular weight excluding hydrogens is 372 g/mol. The summed E-state index contributed by atoms with van der Waals surface area (Å²) in [5, 5.41) is 11.1. The molecule has 1 aliphatic heterocycles. The third kappa shape index (κ3) is 3.29. The Morgan fingerprint density at radius 3 is 2.45 bits per heavy atom. The molecule has 1 N–H and O–H groups in total. The van der Waals surface area contributed by atoms with Gasteiger partial charge >= 0.3 is 11.9 Å². The van der Waals surface area contributed by atoms with E-state index >= 15 is 0 Å². The first-order valence-corrected chi connectivity index (χ1v) is 8.98. The quantitative estimate of drug-likeness (QED) is 0.522. The Kier molecular flexibility index (Phi) is 4.68. The lowest BCUT2D eigenvalue weighted by Crippen LogP contribution is -2.11. The van der Waals surface area contributed by atoms with Gasteiger partial charge in [-0.15, -0.1) is 0 Å². The van der Waals surface area contributed by atoms with Crippen molar-refractivity contribution >= 4 is 28.8 Å². The lowest BCUT2D eigenvalue weighted by Gasteiger charge is -2.20. The van der Waals surface area contributed by atoms with E-state index < -0.39 is 11.9 Å². The molecule has 0 fully saturated rings. The second-order valence-corrected chi connectivity index (χ2v) is 6.59. The molecule has 3 aromatic carbocycles. The van der Waals surface area contributed by atoms with E-state index in [-0.39, 0.29) is 5.56 Å². The van der Waals surface area contributed by atoms with Gasteiger partial charge in [0.05, 0.1) is 18.2 Å². The number of benzene rings is 3. The number of rotatable bonds is 4. The summed E-state index contributed by atoms with van der Waals surface area (Å²) in [6.07, 6.45) is 3.54. The number of aryl methyl sites for hydroxylation is 1. The van der Waals surface area contributed by atoms with Crippen LogP contribution >= 0.6 is 0 Å². The molecule has 0 aromatic heterocycles. The van der Waals surface area contributed by atoms with Crippen LogP contribution < -0.4 is 14.2 Å². The first kappa shape index (κ1) is 18.6. The van der Waals surface area contributed by atoms with Gasteiger partial charge in [-0.1, -0.05) is 6.08 Å².